The quantitative estimate of drug-likeness (QED) is 0.659. The molecule has 1 aromatic rings. The minimum Gasteiger partial charge on any atom is -0.352 e. The molecule has 1 atom stereocenters. The molecule has 0 bridgehead atoms. The molecule has 0 radical (unpaired) electrons. The summed E-state index contributed by atoms with van der Waals surface area (Å²) >= 11 is 0. The van der Waals surface area contributed by atoms with Gasteiger partial charge in [-0.25, -0.2) is 13.2 Å². The Hall–Kier alpha value is -2.13. The standard InChI is InChI=1S/C20H32N4O4S/c1-4-5-16-6-8-17(9-7-16)29(27,28)24-12-10-23(11-13-24)19(25)18(14-15(2)3)22-20(21)26/h6-9,15,18H,4-5,10-14H2,1-3H3,(H3,21,22,26)/t18-/m1/s1. The zero-order valence-electron chi connectivity index (χ0n) is 17.4. The van der Waals surface area contributed by atoms with Crippen LogP contribution in [0.1, 0.15) is 39.2 Å². The molecule has 1 aliphatic rings. The molecule has 29 heavy (non-hydrogen) atoms. The Morgan fingerprint density at radius 3 is 2.17 bits per heavy atom. The lowest BCUT2D eigenvalue weighted by Gasteiger charge is -2.36. The minimum absolute atomic E-state index is 0.202. The summed E-state index contributed by atoms with van der Waals surface area (Å²) in [5.74, 6) is -0.0217. The normalized spacial score (nSPS) is 16.6. The Morgan fingerprint density at radius 2 is 1.69 bits per heavy atom. The van der Waals surface area contributed by atoms with Crippen LogP contribution < -0.4 is 11.1 Å². The number of carbonyl (C=O) groups is 2. The van der Waals surface area contributed by atoms with E-state index >= 15 is 0 Å². The molecule has 1 heterocycles. The van der Waals surface area contributed by atoms with Crippen LogP contribution in [0.4, 0.5) is 4.79 Å². The third-order valence-electron chi connectivity index (χ3n) is 4.97. The molecule has 0 spiro atoms. The van der Waals surface area contributed by atoms with Crippen molar-refractivity contribution >= 4 is 22.0 Å². The molecule has 0 unspecified atom stereocenters. The molecule has 1 aliphatic heterocycles. The number of piperazine rings is 1. The fourth-order valence-electron chi connectivity index (χ4n) is 3.50. The van der Waals surface area contributed by atoms with E-state index in [1.54, 1.807) is 17.0 Å². The third kappa shape index (κ3) is 6.17. The highest BCUT2D eigenvalue weighted by Gasteiger charge is 2.33. The van der Waals surface area contributed by atoms with Gasteiger partial charge in [-0.15, -0.1) is 0 Å². The van der Waals surface area contributed by atoms with Crippen LogP contribution in [0.15, 0.2) is 29.2 Å². The maximum absolute atomic E-state index is 12.9. The van der Waals surface area contributed by atoms with E-state index in [9.17, 15) is 18.0 Å². The van der Waals surface area contributed by atoms with E-state index in [0.29, 0.717) is 6.42 Å². The maximum atomic E-state index is 12.9. The first-order chi connectivity index (χ1) is 13.6. The second-order valence-corrected chi connectivity index (χ2v) is 9.75. The summed E-state index contributed by atoms with van der Waals surface area (Å²) in [7, 11) is -3.60. The van der Waals surface area contributed by atoms with Crippen LogP contribution in [-0.4, -0.2) is 61.8 Å². The van der Waals surface area contributed by atoms with Crippen molar-refractivity contribution in [2.75, 3.05) is 26.2 Å². The summed E-state index contributed by atoms with van der Waals surface area (Å²) in [6.07, 6.45) is 2.40. The fraction of sp³-hybridized carbons (Fsp3) is 0.600. The Balaban J connectivity index is 2.02. The summed E-state index contributed by atoms with van der Waals surface area (Å²) in [6, 6.07) is 5.56. The lowest BCUT2D eigenvalue weighted by molar-refractivity contribution is -0.134. The first kappa shape index (κ1) is 23.2. The zero-order chi connectivity index (χ0) is 21.6. The van der Waals surface area contributed by atoms with Gasteiger partial charge in [0.1, 0.15) is 6.04 Å². The van der Waals surface area contributed by atoms with Crippen LogP contribution in [0.3, 0.4) is 0 Å². The number of nitrogens with one attached hydrogen (secondary N) is 1. The second kappa shape index (κ2) is 10.1. The molecule has 2 rings (SSSR count). The van der Waals surface area contributed by atoms with E-state index in [-0.39, 0.29) is 42.9 Å². The Kier molecular flexibility index (Phi) is 8.04. The molecule has 9 heteroatoms. The monoisotopic (exact) mass is 424 g/mol. The van der Waals surface area contributed by atoms with Crippen LogP contribution in [0.25, 0.3) is 0 Å². The smallest absolute Gasteiger partial charge is 0.312 e. The molecule has 1 fully saturated rings. The fourth-order valence-corrected chi connectivity index (χ4v) is 4.92. The van der Waals surface area contributed by atoms with Crippen molar-refractivity contribution in [3.05, 3.63) is 29.8 Å². The number of urea groups is 1. The van der Waals surface area contributed by atoms with Gasteiger partial charge in [-0.3, -0.25) is 4.79 Å². The van der Waals surface area contributed by atoms with Crippen molar-refractivity contribution in [3.63, 3.8) is 0 Å². The van der Waals surface area contributed by atoms with Crippen molar-refractivity contribution in [3.8, 4) is 0 Å². The Morgan fingerprint density at radius 1 is 1.10 bits per heavy atom. The SMILES string of the molecule is CCCc1ccc(S(=O)(=O)N2CCN(C(=O)[C@@H](CC(C)C)NC(N)=O)CC2)cc1. The van der Waals surface area contributed by atoms with E-state index < -0.39 is 22.1 Å². The van der Waals surface area contributed by atoms with Crippen molar-refractivity contribution < 1.29 is 18.0 Å². The van der Waals surface area contributed by atoms with Crippen LogP contribution in [-0.2, 0) is 21.2 Å². The summed E-state index contributed by atoms with van der Waals surface area (Å²) in [4.78, 5) is 25.9. The van der Waals surface area contributed by atoms with Gasteiger partial charge in [-0.05, 0) is 36.5 Å². The maximum Gasteiger partial charge on any atom is 0.312 e. The molecule has 162 valence electrons. The van der Waals surface area contributed by atoms with Gasteiger partial charge in [0.25, 0.3) is 0 Å². The number of rotatable bonds is 8. The number of nitrogens with zero attached hydrogens (tertiary/aromatic N) is 2. The first-order valence-corrected chi connectivity index (χ1v) is 11.5. The molecule has 8 nitrogen and oxygen atoms in total. The lowest BCUT2D eigenvalue weighted by Crippen LogP contribution is -2.56. The van der Waals surface area contributed by atoms with Crippen LogP contribution in [0.2, 0.25) is 0 Å². The number of nitrogens with two attached hydrogens (primary N) is 1. The Bertz CT molecular complexity index is 800. The molecule has 3 N–H and O–H groups in total. The number of amides is 3. The number of hydrogen-bond acceptors (Lipinski definition) is 4. The number of hydrogen-bond donors (Lipinski definition) is 2. The summed E-state index contributed by atoms with van der Waals surface area (Å²) in [6.45, 7) is 6.99. The predicted octanol–water partition coefficient (Wildman–Crippen LogP) is 1.56. The molecule has 1 aromatic carbocycles. The summed E-state index contributed by atoms with van der Waals surface area (Å²) < 4.78 is 27.2. The summed E-state index contributed by atoms with van der Waals surface area (Å²) in [5.41, 5.74) is 6.31. The molecule has 0 aromatic heterocycles. The van der Waals surface area contributed by atoms with Crippen LogP contribution in [0, 0.1) is 5.92 Å². The predicted molar refractivity (Wildman–Crippen MR) is 112 cm³/mol. The van der Waals surface area contributed by atoms with Gasteiger partial charge in [0.2, 0.25) is 15.9 Å². The van der Waals surface area contributed by atoms with E-state index in [4.69, 9.17) is 5.73 Å². The van der Waals surface area contributed by atoms with E-state index in [1.807, 2.05) is 26.0 Å². The van der Waals surface area contributed by atoms with Crippen molar-refractivity contribution in [2.24, 2.45) is 11.7 Å². The van der Waals surface area contributed by atoms with Gasteiger partial charge < -0.3 is 16.0 Å². The molecule has 1 saturated heterocycles. The van der Waals surface area contributed by atoms with Gasteiger partial charge in [0.05, 0.1) is 4.90 Å². The molecular weight excluding hydrogens is 392 g/mol. The van der Waals surface area contributed by atoms with Gasteiger partial charge in [0.15, 0.2) is 0 Å². The van der Waals surface area contributed by atoms with Crippen LogP contribution in [0.5, 0.6) is 0 Å². The largest absolute Gasteiger partial charge is 0.352 e. The molecule has 3 amide bonds. The van der Waals surface area contributed by atoms with E-state index in [1.165, 1.54) is 4.31 Å². The highest BCUT2D eigenvalue weighted by molar-refractivity contribution is 7.89. The third-order valence-corrected chi connectivity index (χ3v) is 6.88. The zero-order valence-corrected chi connectivity index (χ0v) is 18.2. The average Bonchev–Trinajstić information content (AvgIpc) is 2.67. The first-order valence-electron chi connectivity index (χ1n) is 10.1. The van der Waals surface area contributed by atoms with E-state index in [0.717, 1.165) is 18.4 Å². The van der Waals surface area contributed by atoms with Gasteiger partial charge >= 0.3 is 6.03 Å². The topological polar surface area (TPSA) is 113 Å². The molecular formula is C20H32N4O4S. The van der Waals surface area contributed by atoms with Crippen LogP contribution >= 0.6 is 0 Å². The molecule has 0 aliphatic carbocycles. The molecule has 0 saturated carbocycles. The van der Waals surface area contributed by atoms with Crippen molar-refractivity contribution in [1.82, 2.24) is 14.5 Å². The number of benzene rings is 1. The number of sulfonamides is 1. The van der Waals surface area contributed by atoms with Crippen molar-refractivity contribution in [2.45, 2.75) is 51.0 Å². The lowest BCUT2D eigenvalue weighted by atomic mass is 10.0. The number of primary amides is 1. The van der Waals surface area contributed by atoms with Gasteiger partial charge in [-0.2, -0.15) is 4.31 Å². The summed E-state index contributed by atoms with van der Waals surface area (Å²) in [5, 5.41) is 2.51. The highest BCUT2D eigenvalue weighted by Crippen LogP contribution is 2.19. The van der Waals surface area contributed by atoms with E-state index in [2.05, 4.69) is 12.2 Å². The van der Waals surface area contributed by atoms with Gasteiger partial charge in [-0.1, -0.05) is 39.3 Å². The van der Waals surface area contributed by atoms with Gasteiger partial charge in [0, 0.05) is 26.2 Å². The minimum atomic E-state index is -3.60. The second-order valence-electron chi connectivity index (χ2n) is 7.81. The number of carbonyl (C=O) groups excluding carboxylic acids is 2. The van der Waals surface area contributed by atoms with Crippen molar-refractivity contribution in [1.29, 1.82) is 0 Å². The Labute approximate surface area is 173 Å². The average molecular weight is 425 g/mol. The highest BCUT2D eigenvalue weighted by atomic mass is 32.2. The number of aryl methyl sites for hydroxylation is 1.